The van der Waals surface area contributed by atoms with Crippen LogP contribution in [0.1, 0.15) is 31.5 Å². The second kappa shape index (κ2) is 7.31. The Kier molecular flexibility index (Phi) is 5.38. The number of carboxylic acid groups (broad SMARTS) is 1. The lowest BCUT2D eigenvalue weighted by Gasteiger charge is -2.21. The van der Waals surface area contributed by atoms with Crippen molar-refractivity contribution in [3.05, 3.63) is 22.3 Å². The maximum Gasteiger partial charge on any atom is 0.408 e. The molecule has 0 saturated heterocycles. The van der Waals surface area contributed by atoms with Gasteiger partial charge in [0.15, 0.2) is 5.69 Å². The number of thiazole rings is 1. The quantitative estimate of drug-likeness (QED) is 0.823. The van der Waals surface area contributed by atoms with Gasteiger partial charge >= 0.3 is 12.1 Å². The summed E-state index contributed by atoms with van der Waals surface area (Å²) in [5.41, 5.74) is -0.215. The van der Waals surface area contributed by atoms with Gasteiger partial charge in [-0.05, 0) is 20.8 Å². The predicted octanol–water partition coefficient (Wildman–Crippen LogP) is 2.19. The van der Waals surface area contributed by atoms with Crippen LogP contribution in [-0.4, -0.2) is 38.8 Å². The van der Waals surface area contributed by atoms with Crippen LogP contribution in [-0.2, 0) is 16.0 Å². The van der Waals surface area contributed by atoms with Gasteiger partial charge in [0.2, 0.25) is 5.89 Å². The first-order valence-electron chi connectivity index (χ1n) is 7.20. The molecule has 1 amide bonds. The Labute approximate surface area is 147 Å². The molecule has 132 valence electrons. The minimum atomic E-state index is -1.20. The van der Waals surface area contributed by atoms with Crippen LogP contribution in [0.15, 0.2) is 16.1 Å². The molecule has 0 aliphatic rings. The molecule has 9 nitrogen and oxygen atoms in total. The molecule has 0 spiro atoms. The molecule has 2 aromatic rings. The van der Waals surface area contributed by atoms with E-state index in [0.29, 0.717) is 10.7 Å². The van der Waals surface area contributed by atoms with Gasteiger partial charge in [0.1, 0.15) is 29.7 Å². The number of rotatable bonds is 5. The normalized spacial score (nSPS) is 12.2. The number of carbonyl (C=O) groups excluding carboxylic acids is 1. The van der Waals surface area contributed by atoms with Crippen molar-refractivity contribution in [3.63, 3.8) is 0 Å². The maximum atomic E-state index is 11.8. The summed E-state index contributed by atoms with van der Waals surface area (Å²) in [4.78, 5) is 31.3. The predicted molar refractivity (Wildman–Crippen MR) is 86.8 cm³/mol. The molecule has 0 saturated carbocycles. The number of hydrogen-bond acceptors (Lipinski definition) is 8. The summed E-state index contributed by atoms with van der Waals surface area (Å²) in [6.45, 7) is 5.05. The first-order valence-corrected chi connectivity index (χ1v) is 8.08. The Morgan fingerprint density at radius 1 is 1.48 bits per heavy atom. The SMILES string of the molecule is CC(C)(C)OC(=O)NC(Cc1nc(-c2nc(C#N)co2)cs1)C(=O)O. The molecule has 0 bridgehead atoms. The largest absolute Gasteiger partial charge is 0.480 e. The highest BCUT2D eigenvalue weighted by atomic mass is 32.1. The molecule has 0 aliphatic carbocycles. The zero-order valence-electron chi connectivity index (χ0n) is 13.8. The number of hydrogen-bond donors (Lipinski definition) is 2. The number of alkyl carbamates (subject to hydrolysis) is 1. The van der Waals surface area contributed by atoms with E-state index < -0.39 is 23.7 Å². The molecule has 1 unspecified atom stereocenters. The lowest BCUT2D eigenvalue weighted by molar-refractivity contribution is -0.139. The van der Waals surface area contributed by atoms with Crippen molar-refractivity contribution >= 4 is 23.4 Å². The number of oxazole rings is 1. The summed E-state index contributed by atoms with van der Waals surface area (Å²) in [5, 5.41) is 22.4. The Balaban J connectivity index is 2.06. The smallest absolute Gasteiger partial charge is 0.408 e. The minimum Gasteiger partial charge on any atom is -0.480 e. The van der Waals surface area contributed by atoms with E-state index in [4.69, 9.17) is 14.4 Å². The number of nitrogens with one attached hydrogen (secondary N) is 1. The van der Waals surface area contributed by atoms with Gasteiger partial charge in [0.25, 0.3) is 0 Å². The summed E-state index contributed by atoms with van der Waals surface area (Å²) >= 11 is 1.20. The highest BCUT2D eigenvalue weighted by molar-refractivity contribution is 7.09. The summed E-state index contributed by atoms with van der Waals surface area (Å²) in [6.07, 6.45) is 0.367. The molecule has 0 fully saturated rings. The molecule has 25 heavy (non-hydrogen) atoms. The Hall–Kier alpha value is -2.93. The fraction of sp³-hybridized carbons (Fsp3) is 0.400. The number of nitrogens with zero attached hydrogens (tertiary/aromatic N) is 3. The summed E-state index contributed by atoms with van der Waals surface area (Å²) < 4.78 is 10.2. The van der Waals surface area contributed by atoms with Gasteiger partial charge in [-0.1, -0.05) is 0 Å². The Morgan fingerprint density at radius 3 is 2.76 bits per heavy atom. The third-order valence-electron chi connectivity index (χ3n) is 2.76. The molecule has 2 heterocycles. The van der Waals surface area contributed by atoms with E-state index in [9.17, 15) is 14.7 Å². The van der Waals surface area contributed by atoms with Crippen LogP contribution in [0.5, 0.6) is 0 Å². The summed E-state index contributed by atoms with van der Waals surface area (Å²) in [5.74, 6) is -1.03. The number of amides is 1. The van der Waals surface area contributed by atoms with Crippen molar-refractivity contribution in [2.24, 2.45) is 0 Å². The molecular formula is C15H16N4O5S. The maximum absolute atomic E-state index is 11.8. The van der Waals surface area contributed by atoms with Crippen molar-refractivity contribution in [2.45, 2.75) is 38.8 Å². The van der Waals surface area contributed by atoms with E-state index >= 15 is 0 Å². The van der Waals surface area contributed by atoms with E-state index in [1.807, 2.05) is 6.07 Å². The summed E-state index contributed by atoms with van der Waals surface area (Å²) in [7, 11) is 0. The van der Waals surface area contributed by atoms with Crippen LogP contribution in [0.25, 0.3) is 11.6 Å². The van der Waals surface area contributed by atoms with E-state index in [1.54, 1.807) is 26.2 Å². The minimum absolute atomic E-state index is 0.0228. The third-order valence-corrected chi connectivity index (χ3v) is 3.63. The number of aliphatic carboxylic acids is 1. The highest BCUT2D eigenvalue weighted by Gasteiger charge is 2.25. The topological polar surface area (TPSA) is 138 Å². The fourth-order valence-electron chi connectivity index (χ4n) is 1.77. The molecule has 0 aliphatic heterocycles. The average Bonchev–Trinajstić information content (AvgIpc) is 3.12. The molecule has 2 aromatic heterocycles. The van der Waals surface area contributed by atoms with Crippen molar-refractivity contribution in [1.82, 2.24) is 15.3 Å². The van der Waals surface area contributed by atoms with Crippen LogP contribution in [0, 0.1) is 11.3 Å². The van der Waals surface area contributed by atoms with Gasteiger partial charge in [-0.15, -0.1) is 11.3 Å². The van der Waals surface area contributed by atoms with Gasteiger partial charge in [-0.3, -0.25) is 0 Å². The lowest BCUT2D eigenvalue weighted by atomic mass is 10.2. The summed E-state index contributed by atoms with van der Waals surface area (Å²) in [6, 6.07) is 0.656. The first kappa shape index (κ1) is 18.4. The van der Waals surface area contributed by atoms with Gasteiger partial charge < -0.3 is 19.6 Å². The van der Waals surface area contributed by atoms with E-state index in [1.165, 1.54) is 17.6 Å². The van der Waals surface area contributed by atoms with E-state index in [0.717, 1.165) is 0 Å². The van der Waals surface area contributed by atoms with Crippen LogP contribution in [0.2, 0.25) is 0 Å². The van der Waals surface area contributed by atoms with Crippen molar-refractivity contribution in [3.8, 4) is 17.7 Å². The molecular weight excluding hydrogens is 348 g/mol. The van der Waals surface area contributed by atoms with Crippen molar-refractivity contribution < 1.29 is 23.8 Å². The zero-order valence-corrected chi connectivity index (χ0v) is 14.6. The standard InChI is InChI=1S/C15H16N4O5S/c1-15(2,3)24-14(22)19-9(13(20)21)4-11-18-10(7-25-11)12-17-8(5-16)6-23-12/h6-7,9H,4H2,1-3H3,(H,19,22)(H,20,21). The molecule has 1 atom stereocenters. The zero-order chi connectivity index (χ0) is 18.6. The highest BCUT2D eigenvalue weighted by Crippen LogP contribution is 2.22. The lowest BCUT2D eigenvalue weighted by Crippen LogP contribution is -2.44. The van der Waals surface area contributed by atoms with Crippen LogP contribution >= 0.6 is 11.3 Å². The van der Waals surface area contributed by atoms with Crippen molar-refractivity contribution in [1.29, 1.82) is 5.26 Å². The van der Waals surface area contributed by atoms with Gasteiger partial charge in [-0.25, -0.2) is 14.6 Å². The molecule has 2 N–H and O–H groups in total. The first-order chi connectivity index (χ1) is 11.7. The van der Waals surface area contributed by atoms with Crippen LogP contribution in [0.3, 0.4) is 0 Å². The molecule has 10 heteroatoms. The molecule has 2 rings (SSSR count). The molecule has 0 radical (unpaired) electrons. The van der Waals surface area contributed by atoms with E-state index in [2.05, 4.69) is 15.3 Å². The third kappa shape index (κ3) is 5.29. The second-order valence-corrected chi connectivity index (χ2v) is 6.96. The van der Waals surface area contributed by atoms with Crippen molar-refractivity contribution in [2.75, 3.05) is 0 Å². The number of carboxylic acids is 1. The Morgan fingerprint density at radius 2 is 2.20 bits per heavy atom. The number of ether oxygens (including phenoxy) is 1. The van der Waals surface area contributed by atoms with Crippen LogP contribution in [0.4, 0.5) is 4.79 Å². The molecule has 0 aromatic carbocycles. The Bertz CT molecular complexity index is 814. The van der Waals surface area contributed by atoms with E-state index in [-0.39, 0.29) is 18.0 Å². The van der Waals surface area contributed by atoms with Gasteiger partial charge in [0, 0.05) is 11.8 Å². The van der Waals surface area contributed by atoms with Gasteiger partial charge in [0.05, 0.1) is 5.01 Å². The number of aromatic nitrogens is 2. The number of carbonyl (C=O) groups is 2. The second-order valence-electron chi connectivity index (χ2n) is 6.02. The average molecular weight is 364 g/mol. The fourth-order valence-corrected chi connectivity index (χ4v) is 2.59. The number of nitriles is 1. The van der Waals surface area contributed by atoms with Gasteiger partial charge in [-0.2, -0.15) is 10.2 Å². The monoisotopic (exact) mass is 364 g/mol. The van der Waals surface area contributed by atoms with Crippen LogP contribution < -0.4 is 5.32 Å².